The van der Waals surface area contributed by atoms with Crippen LogP contribution in [0.2, 0.25) is 0 Å². The van der Waals surface area contributed by atoms with Gasteiger partial charge in [0.15, 0.2) is 0 Å². The number of nitrogens with one attached hydrogen (secondary N) is 1. The van der Waals surface area contributed by atoms with Gasteiger partial charge in [-0.15, -0.1) is 11.3 Å². The summed E-state index contributed by atoms with van der Waals surface area (Å²) in [4.78, 5) is 23.0. The van der Waals surface area contributed by atoms with E-state index < -0.39 is 5.97 Å². The van der Waals surface area contributed by atoms with Crippen LogP contribution in [0.15, 0.2) is 17.5 Å². The fourth-order valence-electron chi connectivity index (χ4n) is 1.60. The van der Waals surface area contributed by atoms with E-state index in [0.717, 1.165) is 31.9 Å². The molecule has 0 saturated carbocycles. The van der Waals surface area contributed by atoms with Crippen molar-refractivity contribution in [1.29, 1.82) is 0 Å². The van der Waals surface area contributed by atoms with Gasteiger partial charge in [-0.25, -0.2) is 4.79 Å². The lowest BCUT2D eigenvalue weighted by Gasteiger charge is -2.05. The highest BCUT2D eigenvalue weighted by Crippen LogP contribution is 2.18. The normalized spacial score (nSPS) is 10.9. The summed E-state index contributed by atoms with van der Waals surface area (Å²) in [7, 11) is 0. The first kappa shape index (κ1) is 17.4. The summed E-state index contributed by atoms with van der Waals surface area (Å²) in [6.45, 7) is 4.06. The molecule has 116 valence electrons. The van der Waals surface area contributed by atoms with E-state index >= 15 is 0 Å². The molecule has 2 N–H and O–H groups in total. The van der Waals surface area contributed by atoms with Crippen molar-refractivity contribution in [2.45, 2.75) is 26.2 Å². The lowest BCUT2D eigenvalue weighted by Crippen LogP contribution is -2.25. The molecule has 21 heavy (non-hydrogen) atoms. The SMILES string of the molecule is CCCCOCCCNC(=O)c1sccc1/C=C/C(=O)O. The van der Waals surface area contributed by atoms with Gasteiger partial charge in [0, 0.05) is 25.8 Å². The van der Waals surface area contributed by atoms with Crippen LogP contribution in [-0.2, 0) is 9.53 Å². The minimum atomic E-state index is -1.03. The van der Waals surface area contributed by atoms with Crippen LogP contribution in [0.4, 0.5) is 0 Å². The van der Waals surface area contributed by atoms with Gasteiger partial charge in [0.05, 0.1) is 4.88 Å². The maximum Gasteiger partial charge on any atom is 0.328 e. The summed E-state index contributed by atoms with van der Waals surface area (Å²) in [6.07, 6.45) is 5.39. The van der Waals surface area contributed by atoms with Gasteiger partial charge in [0.25, 0.3) is 5.91 Å². The molecule has 0 aromatic carbocycles. The average Bonchev–Trinajstić information content (AvgIpc) is 2.92. The number of hydrogen-bond donors (Lipinski definition) is 2. The topological polar surface area (TPSA) is 75.6 Å². The molecule has 1 aromatic rings. The quantitative estimate of drug-likeness (QED) is 0.514. The Kier molecular flexibility index (Phi) is 8.38. The van der Waals surface area contributed by atoms with E-state index in [9.17, 15) is 9.59 Å². The third-order valence-electron chi connectivity index (χ3n) is 2.70. The van der Waals surface area contributed by atoms with Crippen LogP contribution >= 0.6 is 11.3 Å². The summed E-state index contributed by atoms with van der Waals surface area (Å²) < 4.78 is 5.41. The van der Waals surface area contributed by atoms with Crippen LogP contribution in [0.3, 0.4) is 0 Å². The zero-order chi connectivity index (χ0) is 15.5. The van der Waals surface area contributed by atoms with Crippen molar-refractivity contribution >= 4 is 29.3 Å². The Morgan fingerprint density at radius 2 is 2.14 bits per heavy atom. The number of hydrogen-bond acceptors (Lipinski definition) is 4. The molecule has 0 saturated heterocycles. The lowest BCUT2D eigenvalue weighted by atomic mass is 10.2. The minimum absolute atomic E-state index is 0.177. The highest BCUT2D eigenvalue weighted by Gasteiger charge is 2.10. The van der Waals surface area contributed by atoms with E-state index in [-0.39, 0.29) is 5.91 Å². The number of aliphatic carboxylic acids is 1. The zero-order valence-electron chi connectivity index (χ0n) is 12.1. The van der Waals surface area contributed by atoms with Crippen molar-refractivity contribution in [2.24, 2.45) is 0 Å². The van der Waals surface area contributed by atoms with Gasteiger partial charge in [-0.3, -0.25) is 4.79 Å². The Hall–Kier alpha value is -1.66. The average molecular weight is 311 g/mol. The fraction of sp³-hybridized carbons (Fsp3) is 0.467. The molecule has 0 aliphatic heterocycles. The van der Waals surface area contributed by atoms with Crippen LogP contribution in [0, 0.1) is 0 Å². The molecule has 0 aliphatic carbocycles. The smallest absolute Gasteiger partial charge is 0.328 e. The van der Waals surface area contributed by atoms with Gasteiger partial charge in [0.1, 0.15) is 0 Å². The zero-order valence-corrected chi connectivity index (χ0v) is 12.9. The number of carbonyl (C=O) groups is 2. The second-order valence-electron chi connectivity index (χ2n) is 4.45. The predicted octanol–water partition coefficient (Wildman–Crippen LogP) is 2.78. The van der Waals surface area contributed by atoms with E-state index in [1.54, 1.807) is 11.4 Å². The molecule has 0 fully saturated rings. The Labute approximate surface area is 128 Å². The van der Waals surface area contributed by atoms with Crippen molar-refractivity contribution in [3.8, 4) is 0 Å². The third-order valence-corrected chi connectivity index (χ3v) is 3.63. The number of carboxylic acid groups (broad SMARTS) is 1. The number of thiophene rings is 1. The molecule has 0 spiro atoms. The van der Waals surface area contributed by atoms with Crippen LogP contribution in [0.1, 0.15) is 41.4 Å². The summed E-state index contributed by atoms with van der Waals surface area (Å²) >= 11 is 1.30. The van der Waals surface area contributed by atoms with E-state index in [2.05, 4.69) is 12.2 Å². The molecule has 1 rings (SSSR count). The minimum Gasteiger partial charge on any atom is -0.478 e. The molecule has 1 amide bonds. The summed E-state index contributed by atoms with van der Waals surface area (Å²) in [5.74, 6) is -1.21. The summed E-state index contributed by atoms with van der Waals surface area (Å²) in [5, 5.41) is 13.2. The van der Waals surface area contributed by atoms with Crippen molar-refractivity contribution in [3.63, 3.8) is 0 Å². The van der Waals surface area contributed by atoms with Gasteiger partial charge in [-0.2, -0.15) is 0 Å². The second-order valence-corrected chi connectivity index (χ2v) is 5.37. The van der Waals surface area contributed by atoms with E-state index in [0.29, 0.717) is 23.6 Å². The standard InChI is InChI=1S/C15H21NO4S/c1-2-3-9-20-10-4-8-16-15(19)14-12(7-11-21-14)5-6-13(17)18/h5-7,11H,2-4,8-10H2,1H3,(H,16,19)(H,17,18)/b6-5+. The number of ether oxygens (including phenoxy) is 1. The van der Waals surface area contributed by atoms with Crippen molar-refractivity contribution in [1.82, 2.24) is 5.32 Å². The first-order valence-electron chi connectivity index (χ1n) is 6.99. The molecule has 0 bridgehead atoms. The number of carbonyl (C=O) groups excluding carboxylic acids is 1. The maximum absolute atomic E-state index is 12.0. The molecular formula is C15H21NO4S. The first-order valence-corrected chi connectivity index (χ1v) is 7.87. The fourth-order valence-corrected chi connectivity index (χ4v) is 2.40. The Bertz CT molecular complexity index is 482. The molecule has 0 atom stereocenters. The van der Waals surface area contributed by atoms with E-state index in [1.807, 2.05) is 0 Å². The molecule has 1 heterocycles. The van der Waals surface area contributed by atoms with Crippen LogP contribution in [-0.4, -0.2) is 36.7 Å². The third kappa shape index (κ3) is 7.06. The number of unbranched alkanes of at least 4 members (excludes halogenated alkanes) is 1. The molecule has 0 radical (unpaired) electrons. The van der Waals surface area contributed by atoms with Gasteiger partial charge >= 0.3 is 5.97 Å². The first-order chi connectivity index (χ1) is 10.1. The molecule has 0 aliphatic rings. The van der Waals surface area contributed by atoms with E-state index in [1.165, 1.54) is 17.4 Å². The van der Waals surface area contributed by atoms with Crippen LogP contribution in [0.5, 0.6) is 0 Å². The monoisotopic (exact) mass is 311 g/mol. The Morgan fingerprint density at radius 1 is 1.38 bits per heavy atom. The Balaban J connectivity index is 2.32. The molecular weight excluding hydrogens is 290 g/mol. The number of amides is 1. The van der Waals surface area contributed by atoms with Crippen molar-refractivity contribution in [3.05, 3.63) is 28.0 Å². The highest BCUT2D eigenvalue weighted by molar-refractivity contribution is 7.12. The van der Waals surface area contributed by atoms with Crippen LogP contribution < -0.4 is 5.32 Å². The van der Waals surface area contributed by atoms with Crippen molar-refractivity contribution in [2.75, 3.05) is 19.8 Å². The number of carboxylic acids is 1. The summed E-state index contributed by atoms with van der Waals surface area (Å²) in [5.41, 5.74) is 0.624. The highest BCUT2D eigenvalue weighted by atomic mass is 32.1. The maximum atomic E-state index is 12.0. The second kappa shape index (κ2) is 10.1. The largest absolute Gasteiger partial charge is 0.478 e. The van der Waals surface area contributed by atoms with Gasteiger partial charge in [-0.1, -0.05) is 13.3 Å². The predicted molar refractivity (Wildman–Crippen MR) is 83.7 cm³/mol. The summed E-state index contributed by atoms with van der Waals surface area (Å²) in [6, 6.07) is 1.73. The van der Waals surface area contributed by atoms with Gasteiger partial charge in [-0.05, 0) is 35.9 Å². The Morgan fingerprint density at radius 3 is 2.86 bits per heavy atom. The number of rotatable bonds is 10. The van der Waals surface area contributed by atoms with Gasteiger partial charge < -0.3 is 15.2 Å². The lowest BCUT2D eigenvalue weighted by molar-refractivity contribution is -0.131. The molecule has 0 unspecified atom stereocenters. The van der Waals surface area contributed by atoms with Gasteiger partial charge in [0.2, 0.25) is 0 Å². The molecule has 5 nitrogen and oxygen atoms in total. The van der Waals surface area contributed by atoms with E-state index in [4.69, 9.17) is 9.84 Å². The van der Waals surface area contributed by atoms with Crippen LogP contribution in [0.25, 0.3) is 6.08 Å². The van der Waals surface area contributed by atoms with Crippen molar-refractivity contribution < 1.29 is 19.4 Å². The molecule has 1 aromatic heterocycles. The molecule has 6 heteroatoms.